The second-order valence-corrected chi connectivity index (χ2v) is 12.3. The van der Waals surface area contributed by atoms with Crippen molar-refractivity contribution in [2.45, 2.75) is 91.9 Å². The van der Waals surface area contributed by atoms with Crippen molar-refractivity contribution < 1.29 is 19.1 Å². The van der Waals surface area contributed by atoms with Crippen LogP contribution in [0.5, 0.6) is 0 Å². The highest BCUT2D eigenvalue weighted by Gasteiger charge is 2.69. The number of carbonyl (C=O) groups excluding carboxylic acids is 2. The molecule has 0 saturated heterocycles. The third-order valence-corrected chi connectivity index (χ3v) is 8.79. The number of allylic oxidation sites excluding steroid dienone is 1. The molecule has 4 bridgehead atoms. The average Bonchev–Trinajstić information content (AvgIpc) is 3.29. The first-order chi connectivity index (χ1) is 13.8. The molecule has 4 aliphatic rings. The quantitative estimate of drug-likeness (QED) is 0.536. The van der Waals surface area contributed by atoms with Gasteiger partial charge in [0.1, 0.15) is 17.7 Å². The minimum absolute atomic E-state index is 0.0232. The Labute approximate surface area is 181 Å². The number of ether oxygens (including phenoxy) is 2. The average molecular weight is 418 g/mol. The van der Waals surface area contributed by atoms with Crippen LogP contribution in [-0.2, 0) is 19.1 Å². The molecule has 0 radical (unpaired) electrons. The highest BCUT2D eigenvalue weighted by atomic mass is 16.6. The van der Waals surface area contributed by atoms with Crippen molar-refractivity contribution in [3.05, 3.63) is 12.2 Å². The lowest BCUT2D eigenvalue weighted by atomic mass is 9.70. The van der Waals surface area contributed by atoms with Gasteiger partial charge in [0.25, 0.3) is 0 Å². The van der Waals surface area contributed by atoms with E-state index in [0.717, 1.165) is 19.3 Å². The molecule has 5 nitrogen and oxygen atoms in total. The number of esters is 1. The molecule has 168 valence electrons. The van der Waals surface area contributed by atoms with E-state index in [1.807, 2.05) is 0 Å². The molecule has 1 N–H and O–H groups in total. The summed E-state index contributed by atoms with van der Waals surface area (Å²) in [5, 5.41) is 3.00. The van der Waals surface area contributed by atoms with E-state index in [-0.39, 0.29) is 52.2 Å². The largest absolute Gasteiger partial charge is 0.458 e. The van der Waals surface area contributed by atoms with E-state index in [4.69, 9.17) is 9.47 Å². The van der Waals surface area contributed by atoms with Gasteiger partial charge in [0.15, 0.2) is 0 Å². The van der Waals surface area contributed by atoms with Crippen LogP contribution in [0.1, 0.15) is 74.1 Å². The number of fused-ring (bicyclic) bond motifs is 4. The van der Waals surface area contributed by atoms with Crippen molar-refractivity contribution in [3.63, 3.8) is 0 Å². The van der Waals surface area contributed by atoms with Gasteiger partial charge in [-0.2, -0.15) is 0 Å². The van der Waals surface area contributed by atoms with E-state index in [0.29, 0.717) is 18.9 Å². The third kappa shape index (κ3) is 3.14. The minimum atomic E-state index is -0.924. The monoisotopic (exact) mass is 417 g/mol. The molecule has 3 fully saturated rings. The van der Waals surface area contributed by atoms with Gasteiger partial charge in [-0.25, -0.2) is 4.79 Å². The Morgan fingerprint density at radius 1 is 1.17 bits per heavy atom. The van der Waals surface area contributed by atoms with Crippen molar-refractivity contribution in [1.82, 2.24) is 5.32 Å². The molecule has 4 rings (SSSR count). The van der Waals surface area contributed by atoms with Crippen molar-refractivity contribution >= 4 is 11.9 Å². The van der Waals surface area contributed by atoms with Crippen LogP contribution in [-0.4, -0.2) is 36.2 Å². The fourth-order valence-corrected chi connectivity index (χ4v) is 6.81. The first kappa shape index (κ1) is 21.9. The van der Waals surface area contributed by atoms with Crippen LogP contribution in [0.2, 0.25) is 0 Å². The zero-order valence-corrected chi connectivity index (χ0v) is 19.7. The minimum Gasteiger partial charge on any atom is -0.458 e. The summed E-state index contributed by atoms with van der Waals surface area (Å²) in [4.78, 5) is 25.7. The van der Waals surface area contributed by atoms with Crippen molar-refractivity contribution in [2.24, 2.45) is 34.0 Å². The number of hydrogen-bond acceptors (Lipinski definition) is 4. The van der Waals surface area contributed by atoms with E-state index in [9.17, 15) is 9.59 Å². The normalized spacial score (nSPS) is 43.2. The van der Waals surface area contributed by atoms with Gasteiger partial charge in [0, 0.05) is 24.2 Å². The molecule has 4 aliphatic carbocycles. The summed E-state index contributed by atoms with van der Waals surface area (Å²) in [5.74, 6) is 0.204. The Morgan fingerprint density at radius 2 is 1.87 bits per heavy atom. The SMILES string of the molecule is CC(=O)N[C@]1(C(=O)O[C@@H]2[C@H]3CC[C@@](C)([C@@H]2OCC(C)(C)C)C3(C)C)C[C@@H]2C=C[C@H]1C2. The Morgan fingerprint density at radius 3 is 2.40 bits per heavy atom. The van der Waals surface area contributed by atoms with Gasteiger partial charge < -0.3 is 14.8 Å². The predicted molar refractivity (Wildman–Crippen MR) is 116 cm³/mol. The Kier molecular flexibility index (Phi) is 4.97. The Bertz CT molecular complexity index is 766. The standard InChI is InChI=1S/C25H39NO4/c1-15(27)26-25(13-16-8-9-17(25)12-16)21(28)30-19-18-10-11-24(7,23(18,5)6)20(19)29-14-22(2,3)4/h8-9,16-20H,10-14H2,1-7H3,(H,26,27)/t16-,17+,18-,19-,20-,24+,25-/m1/s1. The van der Waals surface area contributed by atoms with E-state index < -0.39 is 5.54 Å². The molecular weight excluding hydrogens is 378 g/mol. The van der Waals surface area contributed by atoms with Crippen LogP contribution < -0.4 is 5.32 Å². The van der Waals surface area contributed by atoms with Gasteiger partial charge in [-0.1, -0.05) is 53.7 Å². The fraction of sp³-hybridized carbons (Fsp3) is 0.840. The lowest BCUT2D eigenvalue weighted by Gasteiger charge is -2.41. The summed E-state index contributed by atoms with van der Waals surface area (Å²) in [6, 6.07) is 0. The van der Waals surface area contributed by atoms with Crippen LogP contribution in [0.4, 0.5) is 0 Å². The van der Waals surface area contributed by atoms with Crippen LogP contribution >= 0.6 is 0 Å². The molecule has 0 aliphatic heterocycles. The molecule has 1 amide bonds. The molecule has 30 heavy (non-hydrogen) atoms. The molecule has 0 unspecified atom stereocenters. The molecule has 5 heteroatoms. The summed E-state index contributed by atoms with van der Waals surface area (Å²) >= 11 is 0. The lowest BCUT2D eigenvalue weighted by molar-refractivity contribution is -0.178. The van der Waals surface area contributed by atoms with E-state index >= 15 is 0 Å². The van der Waals surface area contributed by atoms with Gasteiger partial charge in [0.05, 0.1) is 6.61 Å². The van der Waals surface area contributed by atoms with Crippen LogP contribution in [0, 0.1) is 34.0 Å². The first-order valence-electron chi connectivity index (χ1n) is 11.6. The van der Waals surface area contributed by atoms with E-state index in [1.165, 1.54) is 6.92 Å². The third-order valence-electron chi connectivity index (χ3n) is 8.79. The van der Waals surface area contributed by atoms with Crippen molar-refractivity contribution in [2.75, 3.05) is 6.61 Å². The maximum atomic E-state index is 13.7. The van der Waals surface area contributed by atoms with Gasteiger partial charge in [-0.15, -0.1) is 0 Å². The molecule has 7 atom stereocenters. The summed E-state index contributed by atoms with van der Waals surface area (Å²) in [7, 11) is 0. The zero-order chi connectivity index (χ0) is 22.1. The highest BCUT2D eigenvalue weighted by molar-refractivity contribution is 5.89. The summed E-state index contributed by atoms with van der Waals surface area (Å²) in [6.07, 6.45) is 7.59. The second kappa shape index (κ2) is 6.82. The van der Waals surface area contributed by atoms with Crippen LogP contribution in [0.25, 0.3) is 0 Å². The molecule has 3 saturated carbocycles. The lowest BCUT2D eigenvalue weighted by Crippen LogP contribution is -2.59. The molecule has 0 spiro atoms. The molecule has 0 aromatic rings. The second-order valence-electron chi connectivity index (χ2n) is 12.3. The molecule has 0 heterocycles. The summed E-state index contributed by atoms with van der Waals surface area (Å²) in [6.45, 7) is 15.5. The number of hydrogen-bond donors (Lipinski definition) is 1. The van der Waals surface area contributed by atoms with E-state index in [1.54, 1.807) is 0 Å². The zero-order valence-electron chi connectivity index (χ0n) is 19.7. The van der Waals surface area contributed by atoms with E-state index in [2.05, 4.69) is 59.0 Å². The number of nitrogens with one attached hydrogen (secondary N) is 1. The fourth-order valence-electron chi connectivity index (χ4n) is 6.81. The van der Waals surface area contributed by atoms with Gasteiger partial charge in [0.2, 0.25) is 5.91 Å². The first-order valence-corrected chi connectivity index (χ1v) is 11.6. The Hall–Kier alpha value is -1.36. The van der Waals surface area contributed by atoms with Crippen molar-refractivity contribution in [1.29, 1.82) is 0 Å². The maximum Gasteiger partial charge on any atom is 0.332 e. The van der Waals surface area contributed by atoms with Gasteiger partial charge >= 0.3 is 5.97 Å². The number of carbonyl (C=O) groups is 2. The topological polar surface area (TPSA) is 64.6 Å². The number of amides is 1. The molecule has 0 aromatic carbocycles. The summed E-state index contributed by atoms with van der Waals surface area (Å²) in [5.41, 5.74) is -0.865. The predicted octanol–water partition coefficient (Wildman–Crippen LogP) is 4.26. The summed E-state index contributed by atoms with van der Waals surface area (Å²) < 4.78 is 12.9. The van der Waals surface area contributed by atoms with Crippen molar-refractivity contribution in [3.8, 4) is 0 Å². The highest BCUT2D eigenvalue weighted by Crippen LogP contribution is 2.67. The van der Waals surface area contributed by atoms with Crippen LogP contribution in [0.15, 0.2) is 12.2 Å². The van der Waals surface area contributed by atoms with Gasteiger partial charge in [-0.05, 0) is 42.4 Å². The smallest absolute Gasteiger partial charge is 0.332 e. The Balaban J connectivity index is 1.60. The number of rotatable bonds is 5. The van der Waals surface area contributed by atoms with Crippen LogP contribution in [0.3, 0.4) is 0 Å². The molecule has 0 aromatic heterocycles. The maximum absolute atomic E-state index is 13.7. The molecular formula is C25H39NO4. The van der Waals surface area contributed by atoms with Gasteiger partial charge in [-0.3, -0.25) is 4.79 Å².